The molecule has 1 N–H and O–H groups in total. The fourth-order valence-electron chi connectivity index (χ4n) is 2.17. The van der Waals surface area contributed by atoms with Crippen LogP contribution in [0.15, 0.2) is 18.2 Å². The summed E-state index contributed by atoms with van der Waals surface area (Å²) >= 11 is 0. The highest BCUT2D eigenvalue weighted by molar-refractivity contribution is 5.43. The maximum absolute atomic E-state index is 5.72. The Bertz CT molecular complexity index is 379. The highest BCUT2D eigenvalue weighted by Gasteiger charge is 2.06. The molecule has 3 nitrogen and oxygen atoms in total. The van der Waals surface area contributed by atoms with Gasteiger partial charge in [-0.25, -0.2) is 0 Å². The van der Waals surface area contributed by atoms with E-state index in [1.54, 1.807) is 0 Å². The van der Waals surface area contributed by atoms with E-state index in [2.05, 4.69) is 31.3 Å². The Morgan fingerprint density at radius 1 is 0.905 bits per heavy atom. The molecule has 0 saturated heterocycles. The minimum Gasteiger partial charge on any atom is -0.490 e. The van der Waals surface area contributed by atoms with Gasteiger partial charge in [0, 0.05) is 6.54 Å². The second kappa shape index (κ2) is 11.4. The smallest absolute Gasteiger partial charge is 0.161 e. The maximum Gasteiger partial charge on any atom is 0.161 e. The highest BCUT2D eigenvalue weighted by Crippen LogP contribution is 2.28. The van der Waals surface area contributed by atoms with Crippen LogP contribution in [0.4, 0.5) is 0 Å². The van der Waals surface area contributed by atoms with Gasteiger partial charge in [0.15, 0.2) is 11.5 Å². The number of benzene rings is 1. The summed E-state index contributed by atoms with van der Waals surface area (Å²) in [7, 11) is 0. The predicted octanol–water partition coefficient (Wildman–Crippen LogP) is 4.54. The first-order chi connectivity index (χ1) is 10.3. The third-order valence-corrected chi connectivity index (χ3v) is 3.31. The number of ether oxygens (including phenoxy) is 2. The van der Waals surface area contributed by atoms with Gasteiger partial charge in [0.05, 0.1) is 13.2 Å². The van der Waals surface area contributed by atoms with Crippen molar-refractivity contribution in [3.63, 3.8) is 0 Å². The highest BCUT2D eigenvalue weighted by atomic mass is 16.5. The second-order valence-corrected chi connectivity index (χ2v) is 5.30. The molecular formula is C18H31NO2. The monoisotopic (exact) mass is 293 g/mol. The molecule has 21 heavy (non-hydrogen) atoms. The molecule has 0 fully saturated rings. The van der Waals surface area contributed by atoms with E-state index < -0.39 is 0 Å². The molecule has 0 unspecified atom stereocenters. The number of rotatable bonds is 12. The quantitative estimate of drug-likeness (QED) is 0.574. The average molecular weight is 293 g/mol. The Hall–Kier alpha value is -1.22. The first-order valence-electron chi connectivity index (χ1n) is 8.41. The SMILES string of the molecule is CCCCCCNCc1ccc(OCCC)c(OCC)c1. The first kappa shape index (κ1) is 17.8. The minimum atomic E-state index is 0.663. The molecule has 0 atom stereocenters. The van der Waals surface area contributed by atoms with Crippen molar-refractivity contribution in [2.24, 2.45) is 0 Å². The van der Waals surface area contributed by atoms with E-state index in [4.69, 9.17) is 9.47 Å². The van der Waals surface area contributed by atoms with Crippen LogP contribution < -0.4 is 14.8 Å². The molecular weight excluding hydrogens is 262 g/mol. The van der Waals surface area contributed by atoms with Gasteiger partial charge in [-0.3, -0.25) is 0 Å². The van der Waals surface area contributed by atoms with Crippen LogP contribution >= 0.6 is 0 Å². The van der Waals surface area contributed by atoms with Crippen LogP contribution in [-0.4, -0.2) is 19.8 Å². The van der Waals surface area contributed by atoms with Gasteiger partial charge in [0.2, 0.25) is 0 Å². The van der Waals surface area contributed by atoms with Crippen molar-refractivity contribution < 1.29 is 9.47 Å². The van der Waals surface area contributed by atoms with Gasteiger partial charge < -0.3 is 14.8 Å². The van der Waals surface area contributed by atoms with E-state index in [1.807, 2.05) is 13.0 Å². The molecule has 3 heteroatoms. The standard InChI is InChI=1S/C18H31NO2/c1-4-7-8-9-12-19-15-16-10-11-17(21-13-5-2)18(14-16)20-6-3/h10-11,14,19H,4-9,12-13,15H2,1-3H3. The number of hydrogen-bond donors (Lipinski definition) is 1. The fourth-order valence-corrected chi connectivity index (χ4v) is 2.17. The van der Waals surface area contributed by atoms with Crippen molar-refractivity contribution in [2.45, 2.75) is 59.4 Å². The molecule has 0 heterocycles. The van der Waals surface area contributed by atoms with Gasteiger partial charge in [-0.15, -0.1) is 0 Å². The van der Waals surface area contributed by atoms with Crippen molar-refractivity contribution in [2.75, 3.05) is 19.8 Å². The molecule has 0 aromatic heterocycles. The lowest BCUT2D eigenvalue weighted by Crippen LogP contribution is -2.14. The molecule has 0 aliphatic rings. The van der Waals surface area contributed by atoms with Crippen molar-refractivity contribution in [3.8, 4) is 11.5 Å². The van der Waals surface area contributed by atoms with Crippen LogP contribution in [0, 0.1) is 0 Å². The minimum absolute atomic E-state index is 0.663. The third kappa shape index (κ3) is 7.37. The Morgan fingerprint density at radius 2 is 1.76 bits per heavy atom. The van der Waals surface area contributed by atoms with Crippen molar-refractivity contribution in [1.82, 2.24) is 5.32 Å². The summed E-state index contributed by atoms with van der Waals surface area (Å²) in [5, 5.41) is 3.50. The van der Waals surface area contributed by atoms with Crippen LogP contribution in [0.5, 0.6) is 11.5 Å². The molecule has 1 aromatic carbocycles. The van der Waals surface area contributed by atoms with Crippen LogP contribution in [0.2, 0.25) is 0 Å². The summed E-state index contributed by atoms with van der Waals surface area (Å²) in [4.78, 5) is 0. The fraction of sp³-hybridized carbons (Fsp3) is 0.667. The molecule has 0 radical (unpaired) electrons. The molecule has 0 spiro atoms. The topological polar surface area (TPSA) is 30.5 Å². The molecule has 0 amide bonds. The van der Waals surface area contributed by atoms with Gasteiger partial charge in [-0.2, -0.15) is 0 Å². The van der Waals surface area contributed by atoms with Crippen LogP contribution in [0.25, 0.3) is 0 Å². The van der Waals surface area contributed by atoms with Gasteiger partial charge in [0.25, 0.3) is 0 Å². The lowest BCUT2D eigenvalue weighted by molar-refractivity contribution is 0.276. The van der Waals surface area contributed by atoms with E-state index in [0.717, 1.165) is 37.6 Å². The van der Waals surface area contributed by atoms with Crippen LogP contribution in [-0.2, 0) is 6.54 Å². The van der Waals surface area contributed by atoms with Crippen molar-refractivity contribution in [3.05, 3.63) is 23.8 Å². The molecule has 0 saturated carbocycles. The Morgan fingerprint density at radius 3 is 2.48 bits per heavy atom. The third-order valence-electron chi connectivity index (χ3n) is 3.31. The Balaban J connectivity index is 2.45. The average Bonchev–Trinajstić information content (AvgIpc) is 2.50. The van der Waals surface area contributed by atoms with Gasteiger partial charge in [-0.1, -0.05) is 39.2 Å². The van der Waals surface area contributed by atoms with Crippen LogP contribution in [0.3, 0.4) is 0 Å². The number of unbranched alkanes of at least 4 members (excludes halogenated alkanes) is 3. The number of nitrogens with one attached hydrogen (secondary N) is 1. The zero-order chi connectivity index (χ0) is 15.3. The Kier molecular flexibility index (Phi) is 9.71. The van der Waals surface area contributed by atoms with E-state index in [1.165, 1.54) is 31.2 Å². The molecule has 0 bridgehead atoms. The van der Waals surface area contributed by atoms with Gasteiger partial charge in [0.1, 0.15) is 0 Å². The molecule has 120 valence electrons. The van der Waals surface area contributed by atoms with Crippen molar-refractivity contribution in [1.29, 1.82) is 0 Å². The molecule has 0 aliphatic carbocycles. The van der Waals surface area contributed by atoms with E-state index in [9.17, 15) is 0 Å². The van der Waals surface area contributed by atoms with Crippen LogP contribution in [0.1, 0.15) is 58.4 Å². The summed E-state index contributed by atoms with van der Waals surface area (Å²) < 4.78 is 11.4. The van der Waals surface area contributed by atoms with Gasteiger partial charge in [-0.05, 0) is 44.0 Å². The summed E-state index contributed by atoms with van der Waals surface area (Å²) in [5.74, 6) is 1.71. The molecule has 0 aliphatic heterocycles. The number of hydrogen-bond acceptors (Lipinski definition) is 3. The Labute approximate surface area is 130 Å². The predicted molar refractivity (Wildman–Crippen MR) is 89.2 cm³/mol. The van der Waals surface area contributed by atoms with E-state index >= 15 is 0 Å². The van der Waals surface area contributed by atoms with Crippen molar-refractivity contribution >= 4 is 0 Å². The van der Waals surface area contributed by atoms with Gasteiger partial charge >= 0.3 is 0 Å². The maximum atomic E-state index is 5.72. The zero-order valence-corrected chi connectivity index (χ0v) is 13.9. The summed E-state index contributed by atoms with van der Waals surface area (Å²) in [6.45, 7) is 9.72. The second-order valence-electron chi connectivity index (χ2n) is 5.30. The zero-order valence-electron chi connectivity index (χ0n) is 13.9. The summed E-state index contributed by atoms with van der Waals surface area (Å²) in [5.41, 5.74) is 1.25. The molecule has 1 aromatic rings. The largest absolute Gasteiger partial charge is 0.490 e. The lowest BCUT2D eigenvalue weighted by atomic mass is 10.2. The first-order valence-corrected chi connectivity index (χ1v) is 8.41. The summed E-state index contributed by atoms with van der Waals surface area (Å²) in [6.07, 6.45) is 6.20. The summed E-state index contributed by atoms with van der Waals surface area (Å²) in [6, 6.07) is 6.23. The lowest BCUT2D eigenvalue weighted by Gasteiger charge is -2.13. The van der Waals surface area contributed by atoms with E-state index in [-0.39, 0.29) is 0 Å². The van der Waals surface area contributed by atoms with E-state index in [0.29, 0.717) is 6.61 Å². The molecule has 1 rings (SSSR count). The normalized spacial score (nSPS) is 10.6.